The molecule has 0 saturated heterocycles. The summed E-state index contributed by atoms with van der Waals surface area (Å²) in [6.45, 7) is 2.92. The molecule has 0 spiro atoms. The van der Waals surface area contributed by atoms with E-state index >= 15 is 0 Å². The second kappa shape index (κ2) is 4.65. The summed E-state index contributed by atoms with van der Waals surface area (Å²) in [5.74, 6) is 1.16. The fourth-order valence-electron chi connectivity index (χ4n) is 1.36. The minimum Gasteiger partial charge on any atom is -0.486 e. The van der Waals surface area contributed by atoms with E-state index < -0.39 is 0 Å². The van der Waals surface area contributed by atoms with Crippen molar-refractivity contribution < 1.29 is 14.3 Å². The number of primary amides is 1. The minimum atomic E-state index is -0.320. The highest BCUT2D eigenvalue weighted by Gasteiger charge is 2.15. The van der Waals surface area contributed by atoms with Crippen molar-refractivity contribution in [2.75, 3.05) is 13.2 Å². The summed E-state index contributed by atoms with van der Waals surface area (Å²) >= 11 is 1.41. The van der Waals surface area contributed by atoms with Crippen LogP contribution < -0.4 is 15.2 Å². The zero-order valence-corrected chi connectivity index (χ0v) is 9.75. The number of rotatable bonds is 3. The van der Waals surface area contributed by atoms with Crippen LogP contribution in [0.5, 0.6) is 11.5 Å². The second-order valence-corrected chi connectivity index (χ2v) is 4.88. The van der Waals surface area contributed by atoms with Crippen molar-refractivity contribution in [2.45, 2.75) is 17.1 Å². The third-order valence-electron chi connectivity index (χ3n) is 2.23. The average Bonchev–Trinajstić information content (AvgIpc) is 2.28. The summed E-state index contributed by atoms with van der Waals surface area (Å²) in [6, 6.07) is 5.63. The SMILES string of the molecule is CC(Sc1ccc2c(c1)OCCO2)C(N)=O. The molecular formula is C11H13NO3S. The molecule has 1 aromatic carbocycles. The molecule has 1 unspecified atom stereocenters. The van der Waals surface area contributed by atoms with Gasteiger partial charge >= 0.3 is 0 Å². The van der Waals surface area contributed by atoms with Crippen LogP contribution in [0, 0.1) is 0 Å². The fourth-order valence-corrected chi connectivity index (χ4v) is 2.21. The number of hydrogen-bond acceptors (Lipinski definition) is 4. The van der Waals surface area contributed by atoms with Crippen molar-refractivity contribution in [3.63, 3.8) is 0 Å². The average molecular weight is 239 g/mol. The zero-order valence-electron chi connectivity index (χ0n) is 8.93. The smallest absolute Gasteiger partial charge is 0.230 e. The predicted octanol–water partition coefficient (Wildman–Crippen LogP) is 1.42. The first kappa shape index (κ1) is 11.1. The van der Waals surface area contributed by atoms with Gasteiger partial charge in [0.05, 0.1) is 5.25 Å². The molecule has 0 bridgehead atoms. The zero-order chi connectivity index (χ0) is 11.5. The largest absolute Gasteiger partial charge is 0.486 e. The molecule has 4 nitrogen and oxygen atoms in total. The third kappa shape index (κ3) is 2.41. The molecule has 0 saturated carbocycles. The Bertz CT molecular complexity index is 408. The number of nitrogens with two attached hydrogens (primary N) is 1. The van der Waals surface area contributed by atoms with E-state index in [0.29, 0.717) is 13.2 Å². The van der Waals surface area contributed by atoms with Crippen molar-refractivity contribution in [3.05, 3.63) is 18.2 Å². The van der Waals surface area contributed by atoms with Crippen LogP contribution in [0.4, 0.5) is 0 Å². The van der Waals surface area contributed by atoms with E-state index in [4.69, 9.17) is 15.2 Å². The first-order valence-electron chi connectivity index (χ1n) is 5.02. The summed E-state index contributed by atoms with van der Waals surface area (Å²) in [5, 5.41) is -0.248. The highest BCUT2D eigenvalue weighted by atomic mass is 32.2. The monoisotopic (exact) mass is 239 g/mol. The maximum absolute atomic E-state index is 10.9. The molecule has 1 aliphatic heterocycles. The number of carbonyl (C=O) groups is 1. The molecule has 0 aliphatic carbocycles. The Balaban J connectivity index is 2.14. The van der Waals surface area contributed by atoms with Gasteiger partial charge < -0.3 is 15.2 Å². The summed E-state index contributed by atoms with van der Waals surface area (Å²) in [7, 11) is 0. The lowest BCUT2D eigenvalue weighted by atomic mass is 10.3. The lowest BCUT2D eigenvalue weighted by molar-refractivity contribution is -0.117. The maximum Gasteiger partial charge on any atom is 0.230 e. The molecule has 2 N–H and O–H groups in total. The Hall–Kier alpha value is -1.36. The van der Waals surface area contributed by atoms with E-state index in [-0.39, 0.29) is 11.2 Å². The number of fused-ring (bicyclic) bond motifs is 1. The minimum absolute atomic E-state index is 0.248. The van der Waals surface area contributed by atoms with Gasteiger partial charge in [-0.25, -0.2) is 0 Å². The number of ether oxygens (including phenoxy) is 2. The molecule has 1 amide bonds. The van der Waals surface area contributed by atoms with Gasteiger partial charge in [-0.05, 0) is 25.1 Å². The summed E-state index contributed by atoms with van der Waals surface area (Å²) in [4.78, 5) is 11.9. The first-order valence-corrected chi connectivity index (χ1v) is 5.90. The molecule has 5 heteroatoms. The van der Waals surface area contributed by atoms with Crippen molar-refractivity contribution in [1.82, 2.24) is 0 Å². The van der Waals surface area contributed by atoms with Crippen LogP contribution in [0.2, 0.25) is 0 Å². The summed E-state index contributed by atoms with van der Waals surface area (Å²) in [5.41, 5.74) is 5.21. The Morgan fingerprint density at radius 3 is 2.75 bits per heavy atom. The quantitative estimate of drug-likeness (QED) is 0.810. The molecule has 2 rings (SSSR count). The molecule has 0 aromatic heterocycles. The van der Waals surface area contributed by atoms with E-state index in [2.05, 4.69) is 0 Å². The van der Waals surface area contributed by atoms with E-state index in [9.17, 15) is 4.79 Å². The van der Waals surface area contributed by atoms with Crippen LogP contribution >= 0.6 is 11.8 Å². The van der Waals surface area contributed by atoms with E-state index in [1.54, 1.807) is 6.92 Å². The van der Waals surface area contributed by atoms with Gasteiger partial charge in [0.25, 0.3) is 0 Å². The predicted molar refractivity (Wildman–Crippen MR) is 61.9 cm³/mol. The van der Waals surface area contributed by atoms with Gasteiger partial charge in [-0.2, -0.15) is 0 Å². The highest BCUT2D eigenvalue weighted by Crippen LogP contribution is 2.35. The van der Waals surface area contributed by atoms with Gasteiger partial charge in [-0.3, -0.25) is 4.79 Å². The lowest BCUT2D eigenvalue weighted by Gasteiger charge is -2.19. The number of hydrogen-bond donors (Lipinski definition) is 1. The first-order chi connectivity index (χ1) is 7.66. The van der Waals surface area contributed by atoms with Crippen LogP contribution in [0.15, 0.2) is 23.1 Å². The molecule has 1 atom stereocenters. The summed E-state index contributed by atoms with van der Waals surface area (Å²) in [6.07, 6.45) is 0. The number of thioether (sulfide) groups is 1. The van der Waals surface area contributed by atoms with E-state index in [1.165, 1.54) is 11.8 Å². The van der Waals surface area contributed by atoms with E-state index in [1.807, 2.05) is 18.2 Å². The van der Waals surface area contributed by atoms with Gasteiger partial charge in [-0.1, -0.05) is 0 Å². The number of amides is 1. The lowest BCUT2D eigenvalue weighted by Crippen LogP contribution is -2.22. The topological polar surface area (TPSA) is 61.6 Å². The van der Waals surface area contributed by atoms with Crippen LogP contribution in [0.25, 0.3) is 0 Å². The Kier molecular flexibility index (Phi) is 3.24. The molecular weight excluding hydrogens is 226 g/mol. The van der Waals surface area contributed by atoms with Crippen molar-refractivity contribution in [2.24, 2.45) is 5.73 Å². The number of carbonyl (C=O) groups excluding carboxylic acids is 1. The van der Waals surface area contributed by atoms with Crippen LogP contribution in [-0.2, 0) is 4.79 Å². The number of benzene rings is 1. The molecule has 16 heavy (non-hydrogen) atoms. The van der Waals surface area contributed by atoms with Crippen LogP contribution in [0.3, 0.4) is 0 Å². The van der Waals surface area contributed by atoms with Gasteiger partial charge in [-0.15, -0.1) is 11.8 Å². The normalized spacial score (nSPS) is 15.6. The maximum atomic E-state index is 10.9. The summed E-state index contributed by atoms with van der Waals surface area (Å²) < 4.78 is 10.9. The molecule has 86 valence electrons. The molecule has 0 radical (unpaired) electrons. The van der Waals surface area contributed by atoms with Crippen molar-refractivity contribution >= 4 is 17.7 Å². The van der Waals surface area contributed by atoms with Gasteiger partial charge in [0.2, 0.25) is 5.91 Å². The van der Waals surface area contributed by atoms with Crippen LogP contribution in [0.1, 0.15) is 6.92 Å². The third-order valence-corrected chi connectivity index (χ3v) is 3.34. The van der Waals surface area contributed by atoms with Gasteiger partial charge in [0, 0.05) is 4.90 Å². The molecule has 1 aromatic rings. The van der Waals surface area contributed by atoms with E-state index in [0.717, 1.165) is 16.4 Å². The Morgan fingerprint density at radius 2 is 2.06 bits per heavy atom. The molecule has 1 aliphatic rings. The standard InChI is InChI=1S/C11H13NO3S/c1-7(11(12)13)16-8-2-3-9-10(6-8)15-5-4-14-9/h2-3,6-7H,4-5H2,1H3,(H2,12,13). The Morgan fingerprint density at radius 1 is 1.38 bits per heavy atom. The van der Waals surface area contributed by atoms with Crippen molar-refractivity contribution in [3.8, 4) is 11.5 Å². The van der Waals surface area contributed by atoms with Gasteiger partial charge in [0.1, 0.15) is 13.2 Å². The highest BCUT2D eigenvalue weighted by molar-refractivity contribution is 8.00. The van der Waals surface area contributed by atoms with Crippen LogP contribution in [-0.4, -0.2) is 24.4 Å². The molecule has 0 fully saturated rings. The molecule has 1 heterocycles. The van der Waals surface area contributed by atoms with Gasteiger partial charge in [0.15, 0.2) is 11.5 Å². The second-order valence-electron chi connectivity index (χ2n) is 3.47. The Labute approximate surface area is 98.1 Å². The van der Waals surface area contributed by atoms with Crippen molar-refractivity contribution in [1.29, 1.82) is 0 Å². The fraction of sp³-hybridized carbons (Fsp3) is 0.364.